The average molecular weight is 268 g/mol. The quantitative estimate of drug-likeness (QED) is 0.776. The normalized spacial score (nSPS) is 30.8. The third kappa shape index (κ3) is 2.01. The summed E-state index contributed by atoms with van der Waals surface area (Å²) >= 11 is 0. The minimum Gasteiger partial charge on any atom is -0.395 e. The molecule has 1 aromatic rings. The summed E-state index contributed by atoms with van der Waals surface area (Å²) in [5, 5.41) is 19.4. The van der Waals surface area contributed by atoms with Crippen molar-refractivity contribution in [3.8, 4) is 0 Å². The van der Waals surface area contributed by atoms with Gasteiger partial charge in [-0.05, 0) is 25.0 Å². The van der Waals surface area contributed by atoms with Crippen LogP contribution >= 0.6 is 0 Å². The average Bonchev–Trinajstić information content (AvgIpc) is 2.62. The van der Waals surface area contributed by atoms with E-state index in [9.17, 15) is 19.4 Å². The summed E-state index contributed by atoms with van der Waals surface area (Å²) in [5.74, 6) is 0. The van der Waals surface area contributed by atoms with E-state index in [1.165, 1.54) is 4.57 Å². The van der Waals surface area contributed by atoms with Crippen LogP contribution in [-0.2, 0) is 0 Å². The number of alkyl halides is 1. The highest BCUT2D eigenvalue weighted by Gasteiger charge is 2.50. The van der Waals surface area contributed by atoms with E-state index in [2.05, 4.69) is 11.6 Å². The van der Waals surface area contributed by atoms with Crippen molar-refractivity contribution < 1.29 is 14.6 Å². The van der Waals surface area contributed by atoms with Crippen molar-refractivity contribution in [2.75, 3.05) is 13.3 Å². The van der Waals surface area contributed by atoms with E-state index in [-0.39, 0.29) is 6.42 Å². The molecule has 0 saturated heterocycles. The molecule has 0 amide bonds. The number of aryl methyl sites for hydroxylation is 1. The monoisotopic (exact) mass is 268 g/mol. The molecule has 0 bridgehead atoms. The van der Waals surface area contributed by atoms with Gasteiger partial charge in [-0.25, -0.2) is 9.18 Å². The fourth-order valence-electron chi connectivity index (χ4n) is 2.57. The third-order valence-electron chi connectivity index (χ3n) is 3.95. The first-order chi connectivity index (χ1) is 8.96. The SMILES string of the molecule is C=C1[C@@H](n2ccc(C)nc2=O)C[C@H](O)[C@]1(CO)CF. The first-order valence-electron chi connectivity index (χ1n) is 6.06. The molecule has 2 N–H and O–H groups in total. The van der Waals surface area contributed by atoms with Crippen molar-refractivity contribution in [2.24, 2.45) is 5.41 Å². The molecule has 1 fully saturated rings. The highest BCUT2D eigenvalue weighted by Crippen LogP contribution is 2.47. The maximum Gasteiger partial charge on any atom is 0.348 e. The summed E-state index contributed by atoms with van der Waals surface area (Å²) in [5.41, 5.74) is -0.928. The van der Waals surface area contributed by atoms with E-state index in [0.717, 1.165) is 0 Å². The number of aromatic nitrogens is 2. The fraction of sp³-hybridized carbons (Fsp3) is 0.538. The molecule has 1 heterocycles. The number of rotatable bonds is 3. The topological polar surface area (TPSA) is 75.4 Å². The van der Waals surface area contributed by atoms with Crippen molar-refractivity contribution in [1.29, 1.82) is 0 Å². The number of aliphatic hydroxyl groups excluding tert-OH is 2. The molecule has 5 nitrogen and oxygen atoms in total. The summed E-state index contributed by atoms with van der Waals surface area (Å²) in [6.07, 6.45) is 0.639. The van der Waals surface area contributed by atoms with Crippen LogP contribution in [0.2, 0.25) is 0 Å². The molecule has 2 rings (SSSR count). The van der Waals surface area contributed by atoms with Crippen LogP contribution in [0.4, 0.5) is 4.39 Å². The van der Waals surface area contributed by atoms with Crippen LogP contribution in [0.5, 0.6) is 0 Å². The number of hydrogen-bond acceptors (Lipinski definition) is 4. The highest BCUT2D eigenvalue weighted by molar-refractivity contribution is 5.26. The van der Waals surface area contributed by atoms with Gasteiger partial charge in [0.25, 0.3) is 0 Å². The number of nitrogens with zero attached hydrogens (tertiary/aromatic N) is 2. The Morgan fingerprint density at radius 2 is 2.37 bits per heavy atom. The molecule has 104 valence electrons. The fourth-order valence-corrected chi connectivity index (χ4v) is 2.57. The van der Waals surface area contributed by atoms with E-state index in [4.69, 9.17) is 0 Å². The van der Waals surface area contributed by atoms with Crippen molar-refractivity contribution in [1.82, 2.24) is 9.55 Å². The van der Waals surface area contributed by atoms with Gasteiger partial charge in [0.2, 0.25) is 0 Å². The van der Waals surface area contributed by atoms with Gasteiger partial charge in [-0.2, -0.15) is 4.98 Å². The van der Waals surface area contributed by atoms with Gasteiger partial charge in [0.05, 0.1) is 24.2 Å². The summed E-state index contributed by atoms with van der Waals surface area (Å²) in [6.45, 7) is 4.03. The van der Waals surface area contributed by atoms with Crippen molar-refractivity contribution in [2.45, 2.75) is 25.5 Å². The maximum atomic E-state index is 13.2. The van der Waals surface area contributed by atoms with Gasteiger partial charge in [-0.3, -0.25) is 4.57 Å². The zero-order valence-electron chi connectivity index (χ0n) is 10.7. The summed E-state index contributed by atoms with van der Waals surface area (Å²) < 4.78 is 14.5. The van der Waals surface area contributed by atoms with Crippen LogP contribution in [0.1, 0.15) is 18.2 Å². The van der Waals surface area contributed by atoms with Crippen molar-refractivity contribution in [3.63, 3.8) is 0 Å². The molecule has 0 radical (unpaired) electrons. The van der Waals surface area contributed by atoms with Gasteiger partial charge in [0.1, 0.15) is 6.67 Å². The molecule has 6 heteroatoms. The Morgan fingerprint density at radius 3 is 2.84 bits per heavy atom. The predicted octanol–water partition coefficient (Wildman–Crippen LogP) is 0.362. The third-order valence-corrected chi connectivity index (χ3v) is 3.95. The summed E-state index contributed by atoms with van der Waals surface area (Å²) in [4.78, 5) is 15.6. The lowest BCUT2D eigenvalue weighted by atomic mass is 9.83. The molecule has 1 saturated carbocycles. The van der Waals surface area contributed by atoms with Gasteiger partial charge in [-0.1, -0.05) is 6.58 Å². The second-order valence-corrected chi connectivity index (χ2v) is 5.00. The Hall–Kier alpha value is -1.53. The second-order valence-electron chi connectivity index (χ2n) is 5.00. The van der Waals surface area contributed by atoms with Crippen LogP contribution in [0.15, 0.2) is 29.2 Å². The van der Waals surface area contributed by atoms with E-state index >= 15 is 0 Å². The minimum atomic E-state index is -1.38. The van der Waals surface area contributed by atoms with Crippen molar-refractivity contribution >= 4 is 0 Å². The summed E-state index contributed by atoms with van der Waals surface area (Å²) in [6, 6.07) is 1.12. The van der Waals surface area contributed by atoms with Crippen LogP contribution in [0.25, 0.3) is 0 Å². The standard InChI is InChI=1S/C13H17FN2O3/c1-8-3-4-16(12(19)15-8)10-5-11(18)13(6-14,7-17)9(10)2/h3-4,10-11,17-18H,2,5-7H2,1H3/t10-,11-,13-/m0/s1. The van der Waals surface area contributed by atoms with Crippen LogP contribution in [-0.4, -0.2) is 39.1 Å². The molecule has 3 atom stereocenters. The Balaban J connectivity index is 2.44. The summed E-state index contributed by atoms with van der Waals surface area (Å²) in [7, 11) is 0. The van der Waals surface area contributed by atoms with Crippen LogP contribution < -0.4 is 5.69 Å². The lowest BCUT2D eigenvalue weighted by Gasteiger charge is -2.29. The molecule has 1 aromatic heterocycles. The van der Waals surface area contributed by atoms with E-state index in [0.29, 0.717) is 11.3 Å². The molecular weight excluding hydrogens is 251 g/mol. The Bertz CT molecular complexity index is 551. The zero-order valence-corrected chi connectivity index (χ0v) is 10.7. The number of aliphatic hydroxyl groups is 2. The van der Waals surface area contributed by atoms with Gasteiger partial charge < -0.3 is 10.2 Å². The zero-order chi connectivity index (χ0) is 14.2. The lowest BCUT2D eigenvalue weighted by molar-refractivity contribution is 0.0110. The smallest absolute Gasteiger partial charge is 0.348 e. The maximum absolute atomic E-state index is 13.2. The number of hydrogen-bond donors (Lipinski definition) is 2. The molecular formula is C13H17FN2O3. The van der Waals surface area contributed by atoms with E-state index in [1.54, 1.807) is 19.2 Å². The van der Waals surface area contributed by atoms with Gasteiger partial charge in [-0.15, -0.1) is 0 Å². The Morgan fingerprint density at radius 1 is 1.68 bits per heavy atom. The Kier molecular flexibility index (Phi) is 3.56. The second kappa shape index (κ2) is 4.86. The Labute approximate surface area is 110 Å². The highest BCUT2D eigenvalue weighted by atomic mass is 19.1. The molecule has 0 aromatic carbocycles. The minimum absolute atomic E-state index is 0.147. The number of halogens is 1. The molecule has 0 aliphatic heterocycles. The molecule has 19 heavy (non-hydrogen) atoms. The van der Waals surface area contributed by atoms with Crippen LogP contribution in [0.3, 0.4) is 0 Å². The van der Waals surface area contributed by atoms with Gasteiger partial charge in [0.15, 0.2) is 0 Å². The molecule has 0 spiro atoms. The van der Waals surface area contributed by atoms with E-state index < -0.39 is 36.5 Å². The van der Waals surface area contributed by atoms with E-state index in [1.807, 2.05) is 0 Å². The lowest BCUT2D eigenvalue weighted by Crippen LogP contribution is -2.37. The first kappa shape index (κ1) is 13.9. The predicted molar refractivity (Wildman–Crippen MR) is 67.5 cm³/mol. The molecule has 1 aliphatic carbocycles. The van der Waals surface area contributed by atoms with Crippen molar-refractivity contribution in [3.05, 3.63) is 40.6 Å². The first-order valence-corrected chi connectivity index (χ1v) is 6.06. The van der Waals surface area contributed by atoms with Gasteiger partial charge in [0, 0.05) is 11.9 Å². The molecule has 0 unspecified atom stereocenters. The van der Waals surface area contributed by atoms with Gasteiger partial charge >= 0.3 is 5.69 Å². The van der Waals surface area contributed by atoms with Crippen LogP contribution in [0, 0.1) is 12.3 Å². The molecule has 1 aliphatic rings. The largest absolute Gasteiger partial charge is 0.395 e.